The molecule has 0 radical (unpaired) electrons. The Bertz CT molecular complexity index is 206. The third-order valence-corrected chi connectivity index (χ3v) is 1.74. The molecule has 0 saturated heterocycles. The lowest BCUT2D eigenvalue weighted by Crippen LogP contribution is -2.21. The van der Waals surface area contributed by atoms with Gasteiger partial charge >= 0.3 is 0 Å². The normalized spacial score (nSPS) is 15.5. The van der Waals surface area contributed by atoms with Crippen LogP contribution in [0.15, 0.2) is 50.1 Å². The second kappa shape index (κ2) is 3.81. The first-order valence-corrected chi connectivity index (χ1v) is 3.92. The average Bonchev–Trinajstić information content (AvgIpc) is 2.38. The van der Waals surface area contributed by atoms with Gasteiger partial charge in [0.1, 0.15) is 5.82 Å². The smallest absolute Gasteiger partial charge is 0.105 e. The third kappa shape index (κ3) is 1.59. The molecule has 0 amide bonds. The van der Waals surface area contributed by atoms with E-state index in [0.29, 0.717) is 0 Å². The summed E-state index contributed by atoms with van der Waals surface area (Å²) in [6.07, 6.45) is 7.70. The summed E-state index contributed by atoms with van der Waals surface area (Å²) in [6, 6.07) is 0. The van der Waals surface area contributed by atoms with E-state index in [1.807, 2.05) is 34.4 Å². The van der Waals surface area contributed by atoms with Crippen LogP contribution in [0.1, 0.15) is 0 Å². The lowest BCUT2D eigenvalue weighted by Gasteiger charge is -2.21. The number of nitrogens with zero attached hydrogens (tertiary/aromatic N) is 2. The maximum atomic E-state index is 3.95. The van der Waals surface area contributed by atoms with Crippen LogP contribution in [-0.2, 0) is 0 Å². The molecule has 0 bridgehead atoms. The molecule has 0 N–H and O–H groups in total. The Morgan fingerprint density at radius 1 is 1.08 bits per heavy atom. The summed E-state index contributed by atoms with van der Waals surface area (Å²) in [6.45, 7) is 12.9. The van der Waals surface area contributed by atoms with Crippen molar-refractivity contribution in [3.8, 4) is 0 Å². The summed E-state index contributed by atoms with van der Waals surface area (Å²) in [4.78, 5) is 4.08. The van der Waals surface area contributed by atoms with Crippen molar-refractivity contribution >= 4 is 0 Å². The van der Waals surface area contributed by atoms with Gasteiger partial charge < -0.3 is 9.80 Å². The van der Waals surface area contributed by atoms with Gasteiger partial charge in [0, 0.05) is 25.5 Å². The molecule has 0 atom stereocenters. The average molecular weight is 162 g/mol. The fourth-order valence-corrected chi connectivity index (χ4v) is 1.11. The molecule has 2 heteroatoms. The molecular weight excluding hydrogens is 148 g/mol. The molecule has 0 saturated carbocycles. The summed E-state index contributed by atoms with van der Waals surface area (Å²) < 4.78 is 0. The highest BCUT2D eigenvalue weighted by Gasteiger charge is 2.14. The molecule has 1 heterocycles. The highest BCUT2D eigenvalue weighted by atomic mass is 15.3. The van der Waals surface area contributed by atoms with Crippen molar-refractivity contribution in [3.63, 3.8) is 0 Å². The Balaban J connectivity index is 2.55. The van der Waals surface area contributed by atoms with Gasteiger partial charge in [-0.1, -0.05) is 18.7 Å². The molecule has 0 aromatic carbocycles. The summed E-state index contributed by atoms with van der Waals surface area (Å²) in [5, 5.41) is 0. The van der Waals surface area contributed by atoms with Crippen LogP contribution in [0.3, 0.4) is 0 Å². The van der Waals surface area contributed by atoms with Crippen LogP contribution in [0.5, 0.6) is 0 Å². The minimum atomic E-state index is 0.809. The van der Waals surface area contributed by atoms with Crippen LogP contribution in [-0.4, -0.2) is 22.9 Å². The van der Waals surface area contributed by atoms with Crippen LogP contribution in [0, 0.1) is 0 Å². The Morgan fingerprint density at radius 3 is 1.83 bits per heavy atom. The zero-order valence-electron chi connectivity index (χ0n) is 7.24. The molecule has 0 fully saturated rings. The summed E-state index contributed by atoms with van der Waals surface area (Å²) >= 11 is 0. The molecule has 1 aliphatic rings. The maximum absolute atomic E-state index is 3.95. The molecule has 0 aromatic rings. The Hall–Kier alpha value is -1.44. The Morgan fingerprint density at radius 2 is 1.50 bits per heavy atom. The van der Waals surface area contributed by atoms with E-state index in [0.717, 1.165) is 18.9 Å². The lowest BCUT2D eigenvalue weighted by atomic mass is 10.5. The molecule has 0 unspecified atom stereocenters. The molecular formula is C10H14N2. The topological polar surface area (TPSA) is 6.48 Å². The van der Waals surface area contributed by atoms with Crippen molar-refractivity contribution in [1.29, 1.82) is 0 Å². The zero-order chi connectivity index (χ0) is 8.97. The molecule has 2 nitrogen and oxygen atoms in total. The zero-order valence-corrected chi connectivity index (χ0v) is 7.24. The molecule has 12 heavy (non-hydrogen) atoms. The quantitative estimate of drug-likeness (QED) is 0.583. The maximum Gasteiger partial charge on any atom is 0.105 e. The largest absolute Gasteiger partial charge is 0.330 e. The highest BCUT2D eigenvalue weighted by molar-refractivity contribution is 5.13. The first-order valence-electron chi connectivity index (χ1n) is 3.92. The van der Waals surface area contributed by atoms with Crippen molar-refractivity contribution in [2.75, 3.05) is 13.1 Å². The highest BCUT2D eigenvalue weighted by Crippen LogP contribution is 2.16. The third-order valence-electron chi connectivity index (χ3n) is 1.74. The SMILES string of the molecule is C=CCN1C=CN(CC=C)C1=C. The van der Waals surface area contributed by atoms with E-state index in [-0.39, 0.29) is 0 Å². The van der Waals surface area contributed by atoms with E-state index in [1.165, 1.54) is 0 Å². The number of hydrogen-bond acceptors (Lipinski definition) is 2. The minimum absolute atomic E-state index is 0.809. The van der Waals surface area contributed by atoms with Gasteiger partial charge in [-0.25, -0.2) is 0 Å². The van der Waals surface area contributed by atoms with Crippen LogP contribution in [0.4, 0.5) is 0 Å². The van der Waals surface area contributed by atoms with E-state index in [9.17, 15) is 0 Å². The monoisotopic (exact) mass is 162 g/mol. The van der Waals surface area contributed by atoms with Gasteiger partial charge in [-0.3, -0.25) is 0 Å². The van der Waals surface area contributed by atoms with E-state index in [2.05, 4.69) is 19.7 Å². The van der Waals surface area contributed by atoms with Gasteiger partial charge in [0.2, 0.25) is 0 Å². The van der Waals surface area contributed by atoms with Crippen molar-refractivity contribution in [3.05, 3.63) is 50.1 Å². The predicted molar refractivity (Wildman–Crippen MR) is 52.1 cm³/mol. The van der Waals surface area contributed by atoms with Crippen molar-refractivity contribution in [2.24, 2.45) is 0 Å². The van der Waals surface area contributed by atoms with Crippen LogP contribution in [0.25, 0.3) is 0 Å². The first kappa shape index (κ1) is 8.65. The fraction of sp³-hybridized carbons (Fsp3) is 0.200. The molecule has 1 aliphatic heterocycles. The predicted octanol–water partition coefficient (Wildman–Crippen LogP) is 1.92. The Kier molecular flexibility index (Phi) is 2.75. The second-order valence-corrected chi connectivity index (χ2v) is 2.60. The van der Waals surface area contributed by atoms with E-state index in [1.54, 1.807) is 0 Å². The number of hydrogen-bond donors (Lipinski definition) is 0. The van der Waals surface area contributed by atoms with Crippen LogP contribution in [0.2, 0.25) is 0 Å². The van der Waals surface area contributed by atoms with Gasteiger partial charge in [0.25, 0.3) is 0 Å². The van der Waals surface area contributed by atoms with E-state index < -0.39 is 0 Å². The van der Waals surface area contributed by atoms with Crippen LogP contribution < -0.4 is 0 Å². The summed E-state index contributed by atoms with van der Waals surface area (Å²) in [5.41, 5.74) is 0. The molecule has 64 valence electrons. The van der Waals surface area contributed by atoms with Crippen LogP contribution >= 0.6 is 0 Å². The van der Waals surface area contributed by atoms with Gasteiger partial charge in [0.15, 0.2) is 0 Å². The van der Waals surface area contributed by atoms with Gasteiger partial charge in [-0.15, -0.1) is 13.2 Å². The molecule has 0 aromatic heterocycles. The van der Waals surface area contributed by atoms with Gasteiger partial charge in [0.05, 0.1) is 0 Å². The molecule has 1 rings (SSSR count). The van der Waals surface area contributed by atoms with Crippen molar-refractivity contribution in [2.45, 2.75) is 0 Å². The van der Waals surface area contributed by atoms with Crippen molar-refractivity contribution < 1.29 is 0 Å². The van der Waals surface area contributed by atoms with E-state index >= 15 is 0 Å². The summed E-state index contributed by atoms with van der Waals surface area (Å²) in [7, 11) is 0. The number of rotatable bonds is 4. The minimum Gasteiger partial charge on any atom is -0.330 e. The fourth-order valence-electron chi connectivity index (χ4n) is 1.11. The van der Waals surface area contributed by atoms with E-state index in [4.69, 9.17) is 0 Å². The Labute approximate surface area is 73.8 Å². The first-order chi connectivity index (χ1) is 5.79. The molecule has 0 spiro atoms. The lowest BCUT2D eigenvalue weighted by molar-refractivity contribution is 0.403. The standard InChI is InChI=1S/C10H14N2/c1-4-6-11-8-9-12(7-5-2)10(11)3/h4-5,8-9H,1-3,6-7H2. The van der Waals surface area contributed by atoms with Crippen molar-refractivity contribution in [1.82, 2.24) is 9.80 Å². The van der Waals surface area contributed by atoms with Gasteiger partial charge in [-0.05, 0) is 0 Å². The van der Waals surface area contributed by atoms with Gasteiger partial charge in [-0.2, -0.15) is 0 Å². The second-order valence-electron chi connectivity index (χ2n) is 2.60. The summed E-state index contributed by atoms with van der Waals surface area (Å²) in [5.74, 6) is 0.981. The molecule has 0 aliphatic carbocycles.